The molecule has 3 saturated carbocycles. The number of ether oxygens (including phenoxy) is 3. The Balaban J connectivity index is 1.16. The van der Waals surface area contributed by atoms with E-state index in [1.807, 2.05) is 25.2 Å². The molecular weight excluding hydrogens is 420 g/mol. The van der Waals surface area contributed by atoms with Crippen LogP contribution in [-0.2, 0) is 20.0 Å². The second-order valence-corrected chi connectivity index (χ2v) is 12.3. The van der Waals surface area contributed by atoms with E-state index in [0.29, 0.717) is 24.5 Å². The van der Waals surface area contributed by atoms with E-state index in [1.54, 1.807) is 0 Å². The Bertz CT molecular complexity index is 911. The maximum Gasteiger partial charge on any atom is 0.192 e. The summed E-state index contributed by atoms with van der Waals surface area (Å²) in [7, 11) is 1.86. The molecule has 3 nitrogen and oxygen atoms in total. The summed E-state index contributed by atoms with van der Waals surface area (Å²) in [5.74, 6) is 3.68. The average molecular weight is 465 g/mol. The summed E-state index contributed by atoms with van der Waals surface area (Å²) in [6.45, 7) is 7.01. The lowest BCUT2D eigenvalue weighted by Crippen LogP contribution is -2.41. The predicted octanol–water partition coefficient (Wildman–Crippen LogP) is 7.36. The molecule has 5 aliphatic rings. The average Bonchev–Trinajstić information content (AvgIpc) is 3.46. The Morgan fingerprint density at radius 3 is 2.44 bits per heavy atom. The zero-order chi connectivity index (χ0) is 23.3. The van der Waals surface area contributed by atoms with Crippen LogP contribution in [0.2, 0.25) is 0 Å². The lowest BCUT2D eigenvalue weighted by Gasteiger charge is -2.51. The van der Waals surface area contributed by atoms with Gasteiger partial charge in [0.2, 0.25) is 0 Å². The lowest BCUT2D eigenvalue weighted by molar-refractivity contribution is -0.149. The molecule has 6 atom stereocenters. The Labute approximate surface area is 206 Å². The van der Waals surface area contributed by atoms with Crippen molar-refractivity contribution in [3.8, 4) is 0 Å². The van der Waals surface area contributed by atoms with Gasteiger partial charge in [0.25, 0.3) is 0 Å². The Morgan fingerprint density at radius 1 is 0.882 bits per heavy atom. The predicted molar refractivity (Wildman–Crippen MR) is 136 cm³/mol. The monoisotopic (exact) mass is 464 g/mol. The van der Waals surface area contributed by atoms with Crippen LogP contribution >= 0.6 is 0 Å². The molecule has 1 aromatic carbocycles. The van der Waals surface area contributed by atoms with Gasteiger partial charge < -0.3 is 14.2 Å². The molecule has 186 valence electrons. The highest BCUT2D eigenvalue weighted by molar-refractivity contribution is 5.33. The fraction of sp³-hybridized carbons (Fsp3) is 0.742. The van der Waals surface area contributed by atoms with E-state index in [4.69, 9.17) is 14.2 Å². The minimum absolute atomic E-state index is 0.556. The summed E-state index contributed by atoms with van der Waals surface area (Å²) in [5, 5.41) is 0. The summed E-state index contributed by atoms with van der Waals surface area (Å²) in [4.78, 5) is 0. The molecule has 1 aromatic rings. The molecule has 1 saturated heterocycles. The topological polar surface area (TPSA) is 27.7 Å². The molecular formula is C31H44O3. The number of hydrogen-bond donors (Lipinski definition) is 0. The molecule has 2 unspecified atom stereocenters. The van der Waals surface area contributed by atoms with Crippen molar-refractivity contribution < 1.29 is 14.2 Å². The van der Waals surface area contributed by atoms with Gasteiger partial charge in [-0.1, -0.05) is 42.3 Å². The van der Waals surface area contributed by atoms with E-state index >= 15 is 0 Å². The Kier molecular flexibility index (Phi) is 6.19. The van der Waals surface area contributed by atoms with Crippen LogP contribution < -0.4 is 0 Å². The van der Waals surface area contributed by atoms with Crippen molar-refractivity contribution in [2.45, 2.75) is 89.8 Å². The first-order valence-corrected chi connectivity index (χ1v) is 14.1. The minimum atomic E-state index is -0.556. The van der Waals surface area contributed by atoms with Gasteiger partial charge in [0.05, 0.1) is 13.2 Å². The summed E-state index contributed by atoms with van der Waals surface area (Å²) in [6, 6.07) is 9.19. The lowest BCUT2D eigenvalue weighted by atomic mass is 9.54. The maximum absolute atomic E-state index is 5.86. The highest BCUT2D eigenvalue weighted by Gasteiger charge is 2.53. The third-order valence-electron chi connectivity index (χ3n) is 10.9. The summed E-state index contributed by atoms with van der Waals surface area (Å²) in [5.41, 5.74) is 7.07. The van der Waals surface area contributed by atoms with Crippen molar-refractivity contribution in [1.29, 1.82) is 0 Å². The van der Waals surface area contributed by atoms with E-state index in [9.17, 15) is 0 Å². The first-order valence-electron chi connectivity index (χ1n) is 14.1. The molecule has 4 fully saturated rings. The summed E-state index contributed by atoms with van der Waals surface area (Å²) in [6.07, 6.45) is 13.8. The number of hydrogen-bond acceptors (Lipinski definition) is 3. The number of allylic oxidation sites excluding steroid dienone is 2. The van der Waals surface area contributed by atoms with Crippen LogP contribution in [0, 0.1) is 29.1 Å². The third-order valence-corrected chi connectivity index (χ3v) is 10.9. The Hall–Kier alpha value is -1.16. The summed E-state index contributed by atoms with van der Waals surface area (Å²) >= 11 is 0. The van der Waals surface area contributed by atoms with E-state index < -0.39 is 5.79 Å². The fourth-order valence-electron chi connectivity index (χ4n) is 9.01. The smallest absolute Gasteiger partial charge is 0.192 e. The second kappa shape index (κ2) is 9.05. The molecule has 1 heterocycles. The first kappa shape index (κ1) is 23.3. The maximum atomic E-state index is 5.86. The number of methoxy groups -OCH3 is 1. The highest BCUT2D eigenvalue weighted by atomic mass is 16.7. The van der Waals surface area contributed by atoms with Crippen LogP contribution in [-0.4, -0.2) is 26.9 Å². The van der Waals surface area contributed by atoms with Gasteiger partial charge in [-0.05, 0) is 112 Å². The molecule has 0 spiro atoms. The van der Waals surface area contributed by atoms with Crippen LogP contribution in [0.5, 0.6) is 0 Å². The molecule has 34 heavy (non-hydrogen) atoms. The van der Waals surface area contributed by atoms with E-state index in [0.717, 1.165) is 35.8 Å². The van der Waals surface area contributed by atoms with Gasteiger partial charge >= 0.3 is 0 Å². The molecule has 4 aliphatic carbocycles. The van der Waals surface area contributed by atoms with Gasteiger partial charge in [-0.3, -0.25) is 0 Å². The van der Waals surface area contributed by atoms with Crippen molar-refractivity contribution in [2.75, 3.05) is 26.9 Å². The molecule has 0 aromatic heterocycles. The Morgan fingerprint density at radius 2 is 1.68 bits per heavy atom. The fourth-order valence-corrected chi connectivity index (χ4v) is 9.01. The molecule has 0 bridgehead atoms. The normalized spacial score (nSPS) is 39.0. The van der Waals surface area contributed by atoms with Crippen LogP contribution in [0.25, 0.3) is 0 Å². The standard InChI is InChI=1S/C31H44O3/c1-30-16-14-27-26-11-6-22(21-4-8-25(9-5-21)31(2)33-18-19-34-31)20-23(26)7-12-28(27)29(30)13-10-24(30)15-17-32-3/h4-5,8-9,22-24,28-29H,6-7,10-20H2,1-3H3/t22?,23?,24-,28-,29+,30-/m1/s1. The van der Waals surface area contributed by atoms with Crippen molar-refractivity contribution >= 4 is 0 Å². The highest BCUT2D eigenvalue weighted by Crippen LogP contribution is 2.63. The van der Waals surface area contributed by atoms with Crippen molar-refractivity contribution in [3.05, 3.63) is 46.5 Å². The minimum Gasteiger partial charge on any atom is -0.385 e. The first-order chi connectivity index (χ1) is 16.5. The van der Waals surface area contributed by atoms with Crippen LogP contribution in [0.4, 0.5) is 0 Å². The molecule has 0 amide bonds. The van der Waals surface area contributed by atoms with Crippen molar-refractivity contribution in [1.82, 2.24) is 0 Å². The zero-order valence-corrected chi connectivity index (χ0v) is 21.6. The van der Waals surface area contributed by atoms with Crippen LogP contribution in [0.1, 0.15) is 95.1 Å². The van der Waals surface area contributed by atoms with E-state index in [1.165, 1.54) is 69.8 Å². The summed E-state index contributed by atoms with van der Waals surface area (Å²) < 4.78 is 17.2. The number of fused-ring (bicyclic) bond motifs is 4. The van der Waals surface area contributed by atoms with Crippen molar-refractivity contribution in [3.63, 3.8) is 0 Å². The third kappa shape index (κ3) is 3.82. The molecule has 0 radical (unpaired) electrons. The SMILES string of the molecule is COCC[C@H]1CC[C@H]2[C@@H]3CCC4CC(c5ccc(C6(C)OCCO6)cc5)CCC4=C3CC[C@]12C. The van der Waals surface area contributed by atoms with Crippen molar-refractivity contribution in [2.24, 2.45) is 29.1 Å². The number of benzene rings is 1. The number of rotatable bonds is 5. The molecule has 0 N–H and O–H groups in total. The van der Waals surface area contributed by atoms with Crippen LogP contribution in [0.3, 0.4) is 0 Å². The zero-order valence-electron chi connectivity index (χ0n) is 21.6. The molecule has 6 rings (SSSR count). The van der Waals surface area contributed by atoms with E-state index in [2.05, 4.69) is 31.2 Å². The van der Waals surface area contributed by atoms with Gasteiger partial charge in [0.15, 0.2) is 5.79 Å². The quantitative estimate of drug-likeness (QED) is 0.426. The second-order valence-electron chi connectivity index (χ2n) is 12.3. The molecule has 3 heteroatoms. The van der Waals surface area contributed by atoms with Gasteiger partial charge in [0, 0.05) is 19.3 Å². The van der Waals surface area contributed by atoms with E-state index in [-0.39, 0.29) is 0 Å². The van der Waals surface area contributed by atoms with Gasteiger partial charge in [-0.2, -0.15) is 0 Å². The van der Waals surface area contributed by atoms with Gasteiger partial charge in [0.1, 0.15) is 0 Å². The van der Waals surface area contributed by atoms with Gasteiger partial charge in [-0.15, -0.1) is 0 Å². The largest absolute Gasteiger partial charge is 0.385 e. The van der Waals surface area contributed by atoms with Crippen LogP contribution in [0.15, 0.2) is 35.4 Å². The molecule has 1 aliphatic heterocycles. The van der Waals surface area contributed by atoms with Gasteiger partial charge in [-0.25, -0.2) is 0 Å².